The third kappa shape index (κ3) is 4.46. The summed E-state index contributed by atoms with van der Waals surface area (Å²) in [4.78, 5) is 0. The maximum absolute atomic E-state index is 5.44. The van der Waals surface area contributed by atoms with Crippen LogP contribution in [0.4, 0.5) is 0 Å². The Morgan fingerprint density at radius 2 is 2.59 bits per heavy atom. The lowest BCUT2D eigenvalue weighted by Crippen LogP contribution is -2.45. The normalized spacial score (nSPS) is 22.5. The van der Waals surface area contributed by atoms with Crippen LogP contribution in [-0.4, -0.2) is 48.2 Å². The largest absolute Gasteiger partial charge is 0.379 e. The summed E-state index contributed by atoms with van der Waals surface area (Å²) >= 11 is 0. The van der Waals surface area contributed by atoms with Gasteiger partial charge in [-0.1, -0.05) is 0 Å². The van der Waals surface area contributed by atoms with E-state index >= 15 is 0 Å². The Morgan fingerprint density at radius 1 is 1.65 bits per heavy atom. The van der Waals surface area contributed by atoms with Crippen LogP contribution in [0.15, 0.2) is 18.5 Å². The highest BCUT2D eigenvalue weighted by molar-refractivity contribution is 4.79. The molecule has 5 nitrogen and oxygen atoms in total. The maximum Gasteiger partial charge on any atom is 0.0620 e. The minimum atomic E-state index is 0.496. The molecule has 1 aliphatic heterocycles. The molecule has 1 aliphatic rings. The monoisotopic (exact) mass is 238 g/mol. The van der Waals surface area contributed by atoms with Crippen LogP contribution >= 0.6 is 0 Å². The first-order valence-electron chi connectivity index (χ1n) is 6.36. The predicted octanol–water partition coefficient (Wildman–Crippen LogP) is 0.240. The predicted molar refractivity (Wildman–Crippen MR) is 66.9 cm³/mol. The average molecular weight is 238 g/mol. The Morgan fingerprint density at radius 3 is 3.29 bits per heavy atom. The summed E-state index contributed by atoms with van der Waals surface area (Å²) in [6.07, 6.45) is 4.91. The standard InChI is InChI=1S/C12H22N4O/c1-11(9-12-10-17-8-5-14-12)13-4-7-16-6-2-3-15-16/h2-3,6,11-14H,4-5,7-10H2,1H3. The molecule has 1 fully saturated rings. The van der Waals surface area contributed by atoms with E-state index in [1.165, 1.54) is 0 Å². The highest BCUT2D eigenvalue weighted by Crippen LogP contribution is 2.02. The van der Waals surface area contributed by atoms with Gasteiger partial charge >= 0.3 is 0 Å². The molecule has 0 spiro atoms. The highest BCUT2D eigenvalue weighted by atomic mass is 16.5. The van der Waals surface area contributed by atoms with Gasteiger partial charge < -0.3 is 15.4 Å². The second-order valence-electron chi connectivity index (χ2n) is 4.59. The summed E-state index contributed by atoms with van der Waals surface area (Å²) in [6.45, 7) is 6.76. The Balaban J connectivity index is 1.58. The summed E-state index contributed by atoms with van der Waals surface area (Å²) in [5.74, 6) is 0. The van der Waals surface area contributed by atoms with E-state index in [4.69, 9.17) is 4.74 Å². The Bertz CT molecular complexity index is 295. The molecule has 0 amide bonds. The van der Waals surface area contributed by atoms with Gasteiger partial charge in [0.1, 0.15) is 0 Å². The fourth-order valence-electron chi connectivity index (χ4n) is 2.14. The van der Waals surface area contributed by atoms with E-state index in [0.717, 1.165) is 39.3 Å². The van der Waals surface area contributed by atoms with Crippen molar-refractivity contribution in [1.29, 1.82) is 0 Å². The van der Waals surface area contributed by atoms with Crippen LogP contribution in [-0.2, 0) is 11.3 Å². The van der Waals surface area contributed by atoms with Gasteiger partial charge in [0, 0.05) is 37.6 Å². The number of hydrogen-bond donors (Lipinski definition) is 2. The van der Waals surface area contributed by atoms with E-state index in [1.54, 1.807) is 0 Å². The van der Waals surface area contributed by atoms with Crippen molar-refractivity contribution in [3.63, 3.8) is 0 Å². The van der Waals surface area contributed by atoms with Gasteiger partial charge in [-0.15, -0.1) is 0 Å². The number of aromatic nitrogens is 2. The van der Waals surface area contributed by atoms with Crippen molar-refractivity contribution in [3.8, 4) is 0 Å². The quantitative estimate of drug-likeness (QED) is 0.745. The average Bonchev–Trinajstić information content (AvgIpc) is 2.83. The Hall–Kier alpha value is -0.910. The molecule has 2 heterocycles. The molecule has 1 aromatic heterocycles. The van der Waals surface area contributed by atoms with Crippen molar-refractivity contribution in [2.75, 3.05) is 26.3 Å². The van der Waals surface area contributed by atoms with Crippen LogP contribution < -0.4 is 10.6 Å². The van der Waals surface area contributed by atoms with Crippen molar-refractivity contribution >= 4 is 0 Å². The van der Waals surface area contributed by atoms with Gasteiger partial charge in [-0.2, -0.15) is 5.10 Å². The molecule has 0 radical (unpaired) electrons. The zero-order valence-corrected chi connectivity index (χ0v) is 10.4. The first-order valence-corrected chi connectivity index (χ1v) is 6.36. The summed E-state index contributed by atoms with van der Waals surface area (Å²) < 4.78 is 7.39. The third-order valence-corrected chi connectivity index (χ3v) is 3.03. The number of morpholine rings is 1. The lowest BCUT2D eigenvalue weighted by molar-refractivity contribution is 0.0712. The van der Waals surface area contributed by atoms with Gasteiger partial charge in [0.15, 0.2) is 0 Å². The summed E-state index contributed by atoms with van der Waals surface area (Å²) in [5.41, 5.74) is 0. The van der Waals surface area contributed by atoms with E-state index in [1.807, 2.05) is 23.1 Å². The van der Waals surface area contributed by atoms with E-state index in [9.17, 15) is 0 Å². The molecule has 5 heteroatoms. The Kier molecular flexibility index (Phi) is 4.97. The van der Waals surface area contributed by atoms with E-state index < -0.39 is 0 Å². The van der Waals surface area contributed by atoms with Crippen LogP contribution in [0, 0.1) is 0 Å². The van der Waals surface area contributed by atoms with Gasteiger partial charge in [0.2, 0.25) is 0 Å². The summed E-state index contributed by atoms with van der Waals surface area (Å²) in [5, 5.41) is 11.2. The van der Waals surface area contributed by atoms with Gasteiger partial charge in [-0.3, -0.25) is 4.68 Å². The SMILES string of the molecule is CC(CC1COCCN1)NCCn1cccn1. The zero-order chi connectivity index (χ0) is 11.9. The number of hydrogen-bond acceptors (Lipinski definition) is 4. The summed E-state index contributed by atoms with van der Waals surface area (Å²) in [7, 11) is 0. The van der Waals surface area contributed by atoms with Gasteiger partial charge in [-0.05, 0) is 19.4 Å². The van der Waals surface area contributed by atoms with Gasteiger partial charge in [0.25, 0.3) is 0 Å². The van der Waals surface area contributed by atoms with Gasteiger partial charge in [-0.25, -0.2) is 0 Å². The smallest absolute Gasteiger partial charge is 0.0620 e. The minimum Gasteiger partial charge on any atom is -0.379 e. The minimum absolute atomic E-state index is 0.496. The molecular formula is C12H22N4O. The fraction of sp³-hybridized carbons (Fsp3) is 0.750. The highest BCUT2D eigenvalue weighted by Gasteiger charge is 2.15. The van der Waals surface area contributed by atoms with Crippen LogP contribution in [0.5, 0.6) is 0 Å². The second kappa shape index (κ2) is 6.74. The Labute approximate surface area is 103 Å². The van der Waals surface area contributed by atoms with E-state index in [0.29, 0.717) is 12.1 Å². The second-order valence-corrected chi connectivity index (χ2v) is 4.59. The molecule has 96 valence electrons. The molecule has 0 saturated carbocycles. The molecule has 0 bridgehead atoms. The molecule has 2 atom stereocenters. The van der Waals surface area contributed by atoms with Crippen molar-refractivity contribution in [3.05, 3.63) is 18.5 Å². The fourth-order valence-corrected chi connectivity index (χ4v) is 2.14. The molecule has 1 aromatic rings. The molecule has 2 unspecified atom stereocenters. The molecule has 0 aliphatic carbocycles. The first kappa shape index (κ1) is 12.5. The van der Waals surface area contributed by atoms with E-state index in [-0.39, 0.29) is 0 Å². The van der Waals surface area contributed by atoms with Gasteiger partial charge in [0.05, 0.1) is 19.8 Å². The van der Waals surface area contributed by atoms with Crippen molar-refractivity contribution in [1.82, 2.24) is 20.4 Å². The van der Waals surface area contributed by atoms with Crippen LogP contribution in [0.25, 0.3) is 0 Å². The van der Waals surface area contributed by atoms with Crippen LogP contribution in [0.3, 0.4) is 0 Å². The number of nitrogens with one attached hydrogen (secondary N) is 2. The molecule has 2 rings (SSSR count). The first-order chi connectivity index (χ1) is 8.34. The maximum atomic E-state index is 5.44. The molecule has 1 saturated heterocycles. The van der Waals surface area contributed by atoms with Crippen LogP contribution in [0.2, 0.25) is 0 Å². The van der Waals surface area contributed by atoms with Crippen LogP contribution in [0.1, 0.15) is 13.3 Å². The summed E-state index contributed by atoms with van der Waals surface area (Å²) in [6, 6.07) is 2.95. The number of ether oxygens (including phenoxy) is 1. The molecule has 0 aromatic carbocycles. The zero-order valence-electron chi connectivity index (χ0n) is 10.4. The van der Waals surface area contributed by atoms with E-state index in [2.05, 4.69) is 22.7 Å². The molecule has 17 heavy (non-hydrogen) atoms. The van der Waals surface area contributed by atoms with Crippen molar-refractivity contribution < 1.29 is 4.74 Å². The molecule has 2 N–H and O–H groups in total. The lowest BCUT2D eigenvalue weighted by atomic mass is 10.1. The van der Waals surface area contributed by atoms with Crippen molar-refractivity contribution in [2.24, 2.45) is 0 Å². The van der Waals surface area contributed by atoms with Crippen molar-refractivity contribution in [2.45, 2.75) is 32.0 Å². The molecular weight excluding hydrogens is 216 g/mol. The topological polar surface area (TPSA) is 51.1 Å². The lowest BCUT2D eigenvalue weighted by Gasteiger charge is -2.26. The number of rotatable bonds is 6. The third-order valence-electron chi connectivity index (χ3n) is 3.03. The number of nitrogens with zero attached hydrogens (tertiary/aromatic N) is 2.